The van der Waals surface area contributed by atoms with Gasteiger partial charge in [-0.1, -0.05) is 29.3 Å². The highest BCUT2D eigenvalue weighted by Crippen LogP contribution is 2.36. The smallest absolute Gasteiger partial charge is 0.124 e. The van der Waals surface area contributed by atoms with Gasteiger partial charge in [-0.25, -0.2) is 0 Å². The molecule has 1 atom stereocenters. The van der Waals surface area contributed by atoms with Crippen molar-refractivity contribution in [2.75, 3.05) is 14.2 Å². The zero-order chi connectivity index (χ0) is 15.6. The summed E-state index contributed by atoms with van der Waals surface area (Å²) in [7, 11) is 3.55. The summed E-state index contributed by atoms with van der Waals surface area (Å²) in [5, 5.41) is 4.71. The minimum absolute atomic E-state index is 0.0783. The lowest BCUT2D eigenvalue weighted by Gasteiger charge is -2.22. The van der Waals surface area contributed by atoms with Gasteiger partial charge in [0.05, 0.1) is 13.2 Å². The summed E-state index contributed by atoms with van der Waals surface area (Å²) in [5.74, 6) is 0.785. The molecule has 1 unspecified atom stereocenters. The normalized spacial score (nSPS) is 12.3. The Morgan fingerprint density at radius 3 is 2.29 bits per heavy atom. The van der Waals surface area contributed by atoms with Gasteiger partial charge in [-0.3, -0.25) is 0 Å². The van der Waals surface area contributed by atoms with Gasteiger partial charge in [0.15, 0.2) is 0 Å². The highest BCUT2D eigenvalue weighted by Gasteiger charge is 2.20. The maximum atomic E-state index is 6.45. The van der Waals surface area contributed by atoms with Gasteiger partial charge < -0.3 is 10.1 Å². The van der Waals surface area contributed by atoms with E-state index in [1.807, 2.05) is 31.3 Å². The van der Waals surface area contributed by atoms with Crippen LogP contribution in [-0.4, -0.2) is 14.2 Å². The number of aryl methyl sites for hydroxylation is 2. The highest BCUT2D eigenvalue weighted by atomic mass is 35.5. The van der Waals surface area contributed by atoms with Crippen LogP contribution in [0.15, 0.2) is 30.3 Å². The molecule has 0 aromatic heterocycles. The number of methoxy groups -OCH3 is 1. The van der Waals surface area contributed by atoms with Gasteiger partial charge in [-0.15, -0.1) is 0 Å². The number of benzene rings is 2. The molecule has 112 valence electrons. The quantitative estimate of drug-likeness (QED) is 0.861. The van der Waals surface area contributed by atoms with Crippen molar-refractivity contribution in [1.82, 2.24) is 5.32 Å². The van der Waals surface area contributed by atoms with Crippen molar-refractivity contribution < 1.29 is 4.74 Å². The molecule has 1 N–H and O–H groups in total. The number of hydrogen-bond donors (Lipinski definition) is 1. The third-order valence-electron chi connectivity index (χ3n) is 3.72. The molecule has 0 saturated heterocycles. The number of ether oxygens (including phenoxy) is 1. The lowest BCUT2D eigenvalue weighted by molar-refractivity contribution is 0.405. The minimum Gasteiger partial charge on any atom is -0.496 e. The van der Waals surface area contributed by atoms with Crippen molar-refractivity contribution in [3.8, 4) is 5.75 Å². The molecule has 0 saturated carbocycles. The van der Waals surface area contributed by atoms with Gasteiger partial charge in [0, 0.05) is 15.6 Å². The Morgan fingerprint density at radius 2 is 1.67 bits per heavy atom. The Morgan fingerprint density at radius 1 is 1.00 bits per heavy atom. The second-order valence-electron chi connectivity index (χ2n) is 5.07. The Hall–Kier alpha value is -1.22. The molecule has 0 heterocycles. The third-order valence-corrected chi connectivity index (χ3v) is 4.28. The number of halogens is 2. The summed E-state index contributed by atoms with van der Waals surface area (Å²) in [6.07, 6.45) is 0. The minimum atomic E-state index is -0.0783. The van der Waals surface area contributed by atoms with Crippen LogP contribution in [0.3, 0.4) is 0 Å². The first-order valence-electron chi connectivity index (χ1n) is 6.75. The largest absolute Gasteiger partial charge is 0.496 e. The van der Waals surface area contributed by atoms with Crippen LogP contribution in [0.25, 0.3) is 0 Å². The molecule has 0 aliphatic carbocycles. The van der Waals surface area contributed by atoms with E-state index in [-0.39, 0.29) is 6.04 Å². The molecule has 0 aliphatic heterocycles. The van der Waals surface area contributed by atoms with Crippen LogP contribution in [-0.2, 0) is 0 Å². The monoisotopic (exact) mass is 323 g/mol. The van der Waals surface area contributed by atoms with Crippen LogP contribution < -0.4 is 10.1 Å². The summed E-state index contributed by atoms with van der Waals surface area (Å²) >= 11 is 12.6. The lowest BCUT2D eigenvalue weighted by atomic mass is 9.95. The van der Waals surface area contributed by atoms with Crippen LogP contribution in [0, 0.1) is 13.8 Å². The van der Waals surface area contributed by atoms with Crippen LogP contribution in [0.2, 0.25) is 10.0 Å². The first kappa shape index (κ1) is 16.2. The molecule has 0 spiro atoms. The maximum Gasteiger partial charge on any atom is 0.124 e. The topological polar surface area (TPSA) is 21.3 Å². The van der Waals surface area contributed by atoms with Crippen molar-refractivity contribution in [1.29, 1.82) is 0 Å². The molecule has 0 fully saturated rings. The fourth-order valence-electron chi connectivity index (χ4n) is 2.43. The fraction of sp³-hybridized carbons (Fsp3) is 0.294. The Balaban J connectivity index is 2.59. The predicted octanol–water partition coefficient (Wildman–Crippen LogP) is 4.93. The number of nitrogens with one attached hydrogen (secondary N) is 1. The van der Waals surface area contributed by atoms with Crippen LogP contribution >= 0.6 is 23.2 Å². The molecule has 21 heavy (non-hydrogen) atoms. The molecule has 2 aromatic carbocycles. The zero-order valence-electron chi connectivity index (χ0n) is 12.6. The van der Waals surface area contributed by atoms with Crippen molar-refractivity contribution in [2.24, 2.45) is 0 Å². The molecule has 4 heteroatoms. The van der Waals surface area contributed by atoms with E-state index < -0.39 is 0 Å². The third kappa shape index (κ3) is 3.34. The van der Waals surface area contributed by atoms with E-state index in [0.29, 0.717) is 5.02 Å². The molecular weight excluding hydrogens is 305 g/mol. The van der Waals surface area contributed by atoms with Crippen LogP contribution in [0.5, 0.6) is 5.75 Å². The van der Waals surface area contributed by atoms with Gasteiger partial charge in [0.2, 0.25) is 0 Å². The second kappa shape index (κ2) is 6.69. The first-order chi connectivity index (χ1) is 9.97. The van der Waals surface area contributed by atoms with Crippen LogP contribution in [0.4, 0.5) is 0 Å². The molecule has 0 amide bonds. The van der Waals surface area contributed by atoms with Crippen molar-refractivity contribution in [2.45, 2.75) is 19.9 Å². The Kier molecular flexibility index (Phi) is 5.15. The van der Waals surface area contributed by atoms with E-state index in [4.69, 9.17) is 27.9 Å². The molecule has 0 radical (unpaired) electrons. The van der Waals surface area contributed by atoms with Crippen molar-refractivity contribution >= 4 is 23.2 Å². The summed E-state index contributed by atoms with van der Waals surface area (Å²) in [4.78, 5) is 0. The average molecular weight is 324 g/mol. The second-order valence-corrected chi connectivity index (χ2v) is 5.91. The van der Waals surface area contributed by atoms with Crippen LogP contribution in [0.1, 0.15) is 28.3 Å². The average Bonchev–Trinajstić information content (AvgIpc) is 2.45. The molecule has 0 bridgehead atoms. The zero-order valence-corrected chi connectivity index (χ0v) is 14.1. The molecule has 0 aliphatic rings. The number of rotatable bonds is 4. The first-order valence-corrected chi connectivity index (χ1v) is 7.51. The lowest BCUT2D eigenvalue weighted by Crippen LogP contribution is -2.19. The highest BCUT2D eigenvalue weighted by molar-refractivity contribution is 6.31. The predicted molar refractivity (Wildman–Crippen MR) is 89.8 cm³/mol. The van der Waals surface area contributed by atoms with Crippen molar-refractivity contribution in [3.05, 3.63) is 62.6 Å². The standard InChI is InChI=1S/C17H19Cl2NO/c1-10-7-13(15(19)8-11(10)2)17(20-3)14-9-12(18)5-6-16(14)21-4/h5-9,17,20H,1-4H3. The Labute approximate surface area is 136 Å². The van der Waals surface area contributed by atoms with E-state index in [1.54, 1.807) is 7.11 Å². The SMILES string of the molecule is CNC(c1cc(C)c(C)cc1Cl)c1cc(Cl)ccc1OC. The van der Waals surface area contributed by atoms with Crippen molar-refractivity contribution in [3.63, 3.8) is 0 Å². The van der Waals surface area contributed by atoms with E-state index in [0.717, 1.165) is 21.9 Å². The summed E-state index contributed by atoms with van der Waals surface area (Å²) in [6.45, 7) is 4.14. The summed E-state index contributed by atoms with van der Waals surface area (Å²) in [6, 6.07) is 9.63. The fourth-order valence-corrected chi connectivity index (χ4v) is 2.94. The Bertz CT molecular complexity index is 655. The van der Waals surface area contributed by atoms with E-state index in [1.165, 1.54) is 11.1 Å². The molecule has 2 nitrogen and oxygen atoms in total. The molecular formula is C17H19Cl2NO. The summed E-state index contributed by atoms with van der Waals surface area (Å²) in [5.41, 5.74) is 4.37. The molecule has 2 rings (SSSR count). The van der Waals surface area contributed by atoms with E-state index in [2.05, 4.69) is 25.2 Å². The van der Waals surface area contributed by atoms with Gasteiger partial charge in [-0.05, 0) is 61.9 Å². The van der Waals surface area contributed by atoms with Gasteiger partial charge in [0.1, 0.15) is 5.75 Å². The van der Waals surface area contributed by atoms with E-state index in [9.17, 15) is 0 Å². The van der Waals surface area contributed by atoms with Gasteiger partial charge >= 0.3 is 0 Å². The van der Waals surface area contributed by atoms with E-state index >= 15 is 0 Å². The maximum absolute atomic E-state index is 6.45. The summed E-state index contributed by atoms with van der Waals surface area (Å²) < 4.78 is 5.46. The van der Waals surface area contributed by atoms with Gasteiger partial charge in [0.25, 0.3) is 0 Å². The molecule has 2 aromatic rings. The number of hydrogen-bond acceptors (Lipinski definition) is 2. The van der Waals surface area contributed by atoms with Gasteiger partial charge in [-0.2, -0.15) is 0 Å².